The number of ether oxygens (including phenoxy) is 1. The Hall–Kier alpha value is -2.47. The molecule has 0 fully saturated rings. The Morgan fingerprint density at radius 2 is 2.10 bits per heavy atom. The molecule has 0 spiro atoms. The molecule has 0 unspecified atom stereocenters. The van der Waals surface area contributed by atoms with E-state index in [1.165, 1.54) is 6.07 Å². The molecule has 0 amide bonds. The van der Waals surface area contributed by atoms with Crippen molar-refractivity contribution in [3.63, 3.8) is 0 Å². The molecule has 0 radical (unpaired) electrons. The van der Waals surface area contributed by atoms with Gasteiger partial charge >= 0.3 is 0 Å². The van der Waals surface area contributed by atoms with Crippen molar-refractivity contribution in [3.05, 3.63) is 64.0 Å². The van der Waals surface area contributed by atoms with E-state index in [1.54, 1.807) is 24.4 Å². The van der Waals surface area contributed by atoms with Gasteiger partial charge in [0.05, 0.1) is 22.4 Å². The molecule has 2 aromatic rings. The van der Waals surface area contributed by atoms with Crippen LogP contribution >= 0.6 is 0 Å². The fraction of sp³-hybridized carbons (Fsp3) is 0.267. The lowest BCUT2D eigenvalue weighted by molar-refractivity contribution is -0.385. The van der Waals surface area contributed by atoms with Gasteiger partial charge in [-0.05, 0) is 24.7 Å². The number of nitro benzene ring substituents is 1. The fourth-order valence-corrected chi connectivity index (χ4v) is 1.83. The molecule has 21 heavy (non-hydrogen) atoms. The lowest BCUT2D eigenvalue weighted by atomic mass is 10.2. The maximum Gasteiger partial charge on any atom is 0.276 e. The van der Waals surface area contributed by atoms with Crippen LogP contribution in [0.4, 0.5) is 5.69 Å². The van der Waals surface area contributed by atoms with Gasteiger partial charge in [0.2, 0.25) is 0 Å². The van der Waals surface area contributed by atoms with E-state index in [-0.39, 0.29) is 12.3 Å². The summed E-state index contributed by atoms with van der Waals surface area (Å²) in [6.45, 7) is 3.77. The van der Waals surface area contributed by atoms with Gasteiger partial charge in [0.1, 0.15) is 12.4 Å². The molecule has 1 aromatic heterocycles. The molecule has 110 valence electrons. The van der Waals surface area contributed by atoms with Crippen molar-refractivity contribution in [1.82, 2.24) is 10.3 Å². The minimum absolute atomic E-state index is 0.0641. The van der Waals surface area contributed by atoms with E-state index in [0.717, 1.165) is 12.2 Å². The first-order valence-electron chi connectivity index (χ1n) is 6.71. The number of benzene rings is 1. The molecule has 0 aliphatic carbocycles. The summed E-state index contributed by atoms with van der Waals surface area (Å²) < 4.78 is 5.55. The number of nitrogens with one attached hydrogen (secondary N) is 1. The van der Waals surface area contributed by atoms with Crippen LogP contribution in [-0.4, -0.2) is 16.5 Å². The molecule has 0 aliphatic rings. The van der Waals surface area contributed by atoms with Crippen LogP contribution in [-0.2, 0) is 13.2 Å². The Kier molecular flexibility index (Phi) is 5.22. The van der Waals surface area contributed by atoms with Crippen molar-refractivity contribution in [2.45, 2.75) is 20.1 Å². The van der Waals surface area contributed by atoms with Gasteiger partial charge in [0.25, 0.3) is 5.69 Å². The van der Waals surface area contributed by atoms with Crippen molar-refractivity contribution in [2.24, 2.45) is 0 Å². The molecule has 2 rings (SSSR count). The summed E-state index contributed by atoms with van der Waals surface area (Å²) in [5.41, 5.74) is 1.53. The molecule has 6 heteroatoms. The molecule has 0 bridgehead atoms. The summed E-state index contributed by atoms with van der Waals surface area (Å²) in [5, 5.41) is 14.1. The maximum absolute atomic E-state index is 10.9. The van der Waals surface area contributed by atoms with Crippen molar-refractivity contribution in [2.75, 3.05) is 6.54 Å². The molecular formula is C15H17N3O3. The maximum atomic E-state index is 10.9. The quantitative estimate of drug-likeness (QED) is 0.625. The summed E-state index contributed by atoms with van der Waals surface area (Å²) in [5.74, 6) is 0.591. The summed E-state index contributed by atoms with van der Waals surface area (Å²) in [4.78, 5) is 14.8. The van der Waals surface area contributed by atoms with Gasteiger partial charge in [0.15, 0.2) is 0 Å². The third kappa shape index (κ3) is 4.25. The van der Waals surface area contributed by atoms with Gasteiger partial charge in [0, 0.05) is 12.6 Å². The van der Waals surface area contributed by atoms with E-state index < -0.39 is 4.92 Å². The average molecular weight is 287 g/mol. The molecule has 1 N–H and O–H groups in total. The van der Waals surface area contributed by atoms with Crippen LogP contribution in [0.5, 0.6) is 5.75 Å². The predicted octanol–water partition coefficient (Wildman–Crippen LogP) is 2.68. The first-order valence-corrected chi connectivity index (χ1v) is 6.71. The van der Waals surface area contributed by atoms with Crippen LogP contribution in [0, 0.1) is 10.1 Å². The molecule has 0 saturated carbocycles. The van der Waals surface area contributed by atoms with E-state index in [9.17, 15) is 10.1 Å². The SMILES string of the molecule is CCNCc1ccc(OCc2ccccc2[N+](=O)[O-])cn1. The third-order valence-corrected chi connectivity index (χ3v) is 2.94. The highest BCUT2D eigenvalue weighted by molar-refractivity contribution is 5.39. The van der Waals surface area contributed by atoms with Crippen LogP contribution in [0.25, 0.3) is 0 Å². The number of aromatic nitrogens is 1. The number of hydrogen-bond donors (Lipinski definition) is 1. The molecule has 6 nitrogen and oxygen atoms in total. The summed E-state index contributed by atoms with van der Waals surface area (Å²) in [7, 11) is 0. The minimum Gasteiger partial charge on any atom is -0.487 e. The topological polar surface area (TPSA) is 77.3 Å². The standard InChI is InChI=1S/C15H17N3O3/c1-2-16-9-13-7-8-14(10-17-13)21-11-12-5-3-4-6-15(12)18(19)20/h3-8,10,16H,2,9,11H2,1H3. The van der Waals surface area contributed by atoms with Gasteiger partial charge in [-0.2, -0.15) is 0 Å². The number of nitrogens with zero attached hydrogens (tertiary/aromatic N) is 2. The second-order valence-electron chi connectivity index (χ2n) is 4.44. The zero-order valence-electron chi connectivity index (χ0n) is 11.8. The van der Waals surface area contributed by atoms with Crippen molar-refractivity contribution in [1.29, 1.82) is 0 Å². The van der Waals surface area contributed by atoms with Crippen LogP contribution < -0.4 is 10.1 Å². The normalized spacial score (nSPS) is 10.3. The summed E-state index contributed by atoms with van der Waals surface area (Å²) in [6.07, 6.45) is 1.63. The third-order valence-electron chi connectivity index (χ3n) is 2.94. The Balaban J connectivity index is 1.98. The Morgan fingerprint density at radius 1 is 1.29 bits per heavy atom. The van der Waals surface area contributed by atoms with Gasteiger partial charge in [-0.15, -0.1) is 0 Å². The first kappa shape index (κ1) is 14.9. The highest BCUT2D eigenvalue weighted by Gasteiger charge is 2.12. The zero-order valence-corrected chi connectivity index (χ0v) is 11.8. The number of nitro groups is 1. The first-order chi connectivity index (χ1) is 10.2. The number of pyridine rings is 1. The number of para-hydroxylation sites is 1. The van der Waals surface area contributed by atoms with E-state index in [1.807, 2.05) is 19.1 Å². The Morgan fingerprint density at radius 3 is 2.76 bits per heavy atom. The average Bonchev–Trinajstić information content (AvgIpc) is 2.52. The molecule has 0 saturated heterocycles. The second kappa shape index (κ2) is 7.35. The second-order valence-corrected chi connectivity index (χ2v) is 4.44. The zero-order chi connectivity index (χ0) is 15.1. The fourth-order valence-electron chi connectivity index (χ4n) is 1.83. The van der Waals surface area contributed by atoms with Crippen LogP contribution in [0.2, 0.25) is 0 Å². The van der Waals surface area contributed by atoms with Crippen LogP contribution in [0.1, 0.15) is 18.2 Å². The Labute approximate surface area is 122 Å². The van der Waals surface area contributed by atoms with Crippen LogP contribution in [0.15, 0.2) is 42.6 Å². The molecule has 0 atom stereocenters. The summed E-state index contributed by atoms with van der Waals surface area (Å²) >= 11 is 0. The highest BCUT2D eigenvalue weighted by atomic mass is 16.6. The predicted molar refractivity (Wildman–Crippen MR) is 79.0 cm³/mol. The van der Waals surface area contributed by atoms with Gasteiger partial charge in [-0.3, -0.25) is 15.1 Å². The van der Waals surface area contributed by atoms with Gasteiger partial charge in [-0.25, -0.2) is 0 Å². The van der Waals surface area contributed by atoms with E-state index in [4.69, 9.17) is 4.74 Å². The largest absolute Gasteiger partial charge is 0.487 e. The number of rotatable bonds is 7. The number of hydrogen-bond acceptors (Lipinski definition) is 5. The van der Waals surface area contributed by atoms with Crippen molar-refractivity contribution >= 4 is 5.69 Å². The minimum atomic E-state index is -0.406. The molecule has 1 heterocycles. The van der Waals surface area contributed by atoms with Gasteiger partial charge in [-0.1, -0.05) is 19.1 Å². The Bertz CT molecular complexity index is 599. The van der Waals surface area contributed by atoms with Crippen molar-refractivity contribution in [3.8, 4) is 5.75 Å². The van der Waals surface area contributed by atoms with Crippen molar-refractivity contribution < 1.29 is 9.66 Å². The molecular weight excluding hydrogens is 270 g/mol. The van der Waals surface area contributed by atoms with Gasteiger partial charge < -0.3 is 10.1 Å². The lowest BCUT2D eigenvalue weighted by Gasteiger charge is -2.07. The molecule has 0 aliphatic heterocycles. The monoisotopic (exact) mass is 287 g/mol. The smallest absolute Gasteiger partial charge is 0.276 e. The summed E-state index contributed by atoms with van der Waals surface area (Å²) in [6, 6.07) is 10.2. The molecule has 1 aromatic carbocycles. The lowest BCUT2D eigenvalue weighted by Crippen LogP contribution is -2.12. The van der Waals surface area contributed by atoms with E-state index in [0.29, 0.717) is 17.9 Å². The van der Waals surface area contributed by atoms with E-state index >= 15 is 0 Å². The van der Waals surface area contributed by atoms with E-state index in [2.05, 4.69) is 10.3 Å². The van der Waals surface area contributed by atoms with Crippen LogP contribution in [0.3, 0.4) is 0 Å². The highest BCUT2D eigenvalue weighted by Crippen LogP contribution is 2.20.